The Morgan fingerprint density at radius 1 is 1.46 bits per heavy atom. The van der Waals surface area contributed by atoms with Crippen molar-refractivity contribution >= 4 is 29.3 Å². The van der Waals surface area contributed by atoms with Crippen molar-refractivity contribution in [2.24, 2.45) is 0 Å². The van der Waals surface area contributed by atoms with Crippen molar-refractivity contribution in [3.8, 4) is 0 Å². The van der Waals surface area contributed by atoms with Gasteiger partial charge in [-0.15, -0.1) is 11.3 Å². The summed E-state index contributed by atoms with van der Waals surface area (Å²) in [5.41, 5.74) is -0.717. The molecule has 144 valence electrons. The summed E-state index contributed by atoms with van der Waals surface area (Å²) in [6, 6.07) is 0. The summed E-state index contributed by atoms with van der Waals surface area (Å²) < 4.78 is 10.3. The van der Waals surface area contributed by atoms with Crippen molar-refractivity contribution in [2.45, 2.75) is 58.3 Å². The first kappa shape index (κ1) is 20.3. The van der Waals surface area contributed by atoms with Crippen LogP contribution in [0.1, 0.15) is 45.0 Å². The van der Waals surface area contributed by atoms with Crippen molar-refractivity contribution in [3.63, 3.8) is 0 Å². The maximum absolute atomic E-state index is 12.6. The zero-order valence-corrected chi connectivity index (χ0v) is 16.1. The fourth-order valence-corrected chi connectivity index (χ4v) is 2.97. The number of aromatic nitrogens is 1. The molecule has 2 amide bonds. The van der Waals surface area contributed by atoms with E-state index < -0.39 is 29.7 Å². The van der Waals surface area contributed by atoms with E-state index in [9.17, 15) is 14.4 Å². The highest BCUT2D eigenvalue weighted by Gasteiger charge is 2.37. The summed E-state index contributed by atoms with van der Waals surface area (Å²) in [7, 11) is 0. The predicted octanol–water partition coefficient (Wildman–Crippen LogP) is 2.09. The summed E-state index contributed by atoms with van der Waals surface area (Å²) >= 11 is 1.56. The van der Waals surface area contributed by atoms with Gasteiger partial charge in [0.05, 0.1) is 0 Å². The number of carbonyl (C=O) groups excluding carboxylic acids is 3. The molecule has 1 saturated heterocycles. The van der Waals surface area contributed by atoms with Gasteiger partial charge in [-0.25, -0.2) is 14.7 Å². The molecule has 2 rings (SSSR count). The van der Waals surface area contributed by atoms with E-state index in [0.29, 0.717) is 25.9 Å². The SMILES string of the molecule is CC(C)(C)OC(=O)N(CCCNCc1nccs1)C(=O)[C@H]1CCC(=O)O1. The number of cyclic esters (lactones) is 1. The van der Waals surface area contributed by atoms with E-state index in [2.05, 4.69) is 10.3 Å². The Morgan fingerprint density at radius 2 is 2.23 bits per heavy atom. The van der Waals surface area contributed by atoms with Crippen LogP contribution in [0.15, 0.2) is 11.6 Å². The molecule has 0 saturated carbocycles. The van der Waals surface area contributed by atoms with Gasteiger partial charge in [0.25, 0.3) is 5.91 Å². The van der Waals surface area contributed by atoms with E-state index in [1.165, 1.54) is 0 Å². The second-order valence-electron chi connectivity index (χ2n) is 6.94. The molecule has 0 spiro atoms. The molecule has 0 radical (unpaired) electrons. The van der Waals surface area contributed by atoms with Gasteiger partial charge in [-0.2, -0.15) is 0 Å². The van der Waals surface area contributed by atoms with Crippen LogP contribution in [0.25, 0.3) is 0 Å². The molecule has 8 nitrogen and oxygen atoms in total. The number of amides is 2. The Balaban J connectivity index is 1.88. The van der Waals surface area contributed by atoms with E-state index in [1.54, 1.807) is 38.3 Å². The Bertz CT molecular complexity index is 627. The lowest BCUT2D eigenvalue weighted by Gasteiger charge is -2.27. The van der Waals surface area contributed by atoms with Crippen LogP contribution < -0.4 is 5.32 Å². The molecule has 1 aliphatic rings. The Kier molecular flexibility index (Phi) is 7.10. The number of carbonyl (C=O) groups is 3. The number of ether oxygens (including phenoxy) is 2. The minimum atomic E-state index is -0.904. The maximum atomic E-state index is 12.6. The molecule has 0 aliphatic carbocycles. The summed E-state index contributed by atoms with van der Waals surface area (Å²) in [5, 5.41) is 6.10. The lowest BCUT2D eigenvalue weighted by molar-refractivity contribution is -0.152. The van der Waals surface area contributed by atoms with Crippen LogP contribution in [0, 0.1) is 0 Å². The molecule has 1 atom stereocenters. The number of thiazole rings is 1. The van der Waals surface area contributed by atoms with E-state index >= 15 is 0 Å². The summed E-state index contributed by atoms with van der Waals surface area (Å²) in [4.78, 5) is 41.5. The third-order valence-electron chi connectivity index (χ3n) is 3.53. The fraction of sp³-hybridized carbons (Fsp3) is 0.647. The lowest BCUT2D eigenvalue weighted by Crippen LogP contribution is -2.46. The molecule has 9 heteroatoms. The molecule has 1 fully saturated rings. The van der Waals surface area contributed by atoms with Gasteiger partial charge >= 0.3 is 12.1 Å². The second kappa shape index (κ2) is 9.09. The summed E-state index contributed by atoms with van der Waals surface area (Å²) in [6.45, 7) is 6.64. The smallest absolute Gasteiger partial charge is 0.417 e. The number of esters is 1. The molecule has 0 unspecified atom stereocenters. The highest BCUT2D eigenvalue weighted by Crippen LogP contribution is 2.18. The quantitative estimate of drug-likeness (QED) is 0.569. The fourth-order valence-electron chi connectivity index (χ4n) is 2.38. The molecule has 2 heterocycles. The molecule has 1 aromatic heterocycles. The maximum Gasteiger partial charge on any atom is 0.417 e. The average Bonchev–Trinajstić information content (AvgIpc) is 3.20. The van der Waals surface area contributed by atoms with Gasteiger partial charge in [-0.05, 0) is 33.7 Å². The zero-order chi connectivity index (χ0) is 19.2. The predicted molar refractivity (Wildman–Crippen MR) is 95.5 cm³/mol. The Morgan fingerprint density at radius 3 is 2.81 bits per heavy atom. The molecule has 26 heavy (non-hydrogen) atoms. The highest BCUT2D eigenvalue weighted by atomic mass is 32.1. The van der Waals surface area contributed by atoms with Gasteiger partial charge in [0.15, 0.2) is 6.10 Å². The van der Waals surface area contributed by atoms with Crippen LogP contribution in [0.4, 0.5) is 4.79 Å². The largest absolute Gasteiger partial charge is 0.452 e. The number of nitrogens with zero attached hydrogens (tertiary/aromatic N) is 2. The molecule has 0 aromatic carbocycles. The van der Waals surface area contributed by atoms with Gasteiger partial charge < -0.3 is 14.8 Å². The molecular weight excluding hydrogens is 358 g/mol. The monoisotopic (exact) mass is 383 g/mol. The van der Waals surface area contributed by atoms with Crippen molar-refractivity contribution in [3.05, 3.63) is 16.6 Å². The van der Waals surface area contributed by atoms with Gasteiger partial charge in [0.1, 0.15) is 10.6 Å². The van der Waals surface area contributed by atoms with E-state index in [0.717, 1.165) is 9.91 Å². The van der Waals surface area contributed by atoms with Crippen molar-refractivity contribution in [1.29, 1.82) is 0 Å². The van der Waals surface area contributed by atoms with Gasteiger partial charge in [-0.1, -0.05) is 0 Å². The summed E-state index contributed by atoms with van der Waals surface area (Å²) in [6.07, 6.45) is 1.15. The minimum absolute atomic E-state index is 0.187. The van der Waals surface area contributed by atoms with Crippen molar-refractivity contribution in [2.75, 3.05) is 13.1 Å². The first-order chi connectivity index (χ1) is 12.3. The molecular formula is C17H25N3O5S. The number of rotatable bonds is 7. The van der Waals surface area contributed by atoms with Crippen LogP contribution in [-0.2, 0) is 25.6 Å². The molecule has 0 bridgehead atoms. The third-order valence-corrected chi connectivity index (χ3v) is 4.31. The highest BCUT2D eigenvalue weighted by molar-refractivity contribution is 7.09. The van der Waals surface area contributed by atoms with E-state index in [4.69, 9.17) is 9.47 Å². The molecule has 1 N–H and O–H groups in total. The number of hydrogen-bond acceptors (Lipinski definition) is 8. The number of hydrogen-bond donors (Lipinski definition) is 1. The topological polar surface area (TPSA) is 97.8 Å². The van der Waals surface area contributed by atoms with Crippen LogP contribution in [-0.4, -0.2) is 52.6 Å². The molecule has 1 aliphatic heterocycles. The van der Waals surface area contributed by atoms with Gasteiger partial charge in [-0.3, -0.25) is 9.59 Å². The van der Waals surface area contributed by atoms with E-state index in [1.807, 2.05) is 5.38 Å². The van der Waals surface area contributed by atoms with Crippen LogP contribution in [0.3, 0.4) is 0 Å². The van der Waals surface area contributed by atoms with Crippen molar-refractivity contribution in [1.82, 2.24) is 15.2 Å². The molecule has 1 aromatic rings. The standard InChI is InChI=1S/C17H25N3O5S/c1-17(2,3)25-16(23)20(15(22)12-5-6-14(21)24-12)9-4-7-18-11-13-19-8-10-26-13/h8,10,12,18H,4-7,9,11H2,1-3H3/t12-/m1/s1. The normalized spacial score (nSPS) is 17.0. The minimum Gasteiger partial charge on any atom is -0.452 e. The first-order valence-corrected chi connectivity index (χ1v) is 9.47. The lowest BCUT2D eigenvalue weighted by atomic mass is 10.2. The third kappa shape index (κ3) is 6.38. The van der Waals surface area contributed by atoms with Crippen LogP contribution in [0.2, 0.25) is 0 Å². The van der Waals surface area contributed by atoms with Crippen LogP contribution in [0.5, 0.6) is 0 Å². The Hall–Kier alpha value is -2.00. The van der Waals surface area contributed by atoms with Gasteiger partial charge in [0.2, 0.25) is 0 Å². The first-order valence-electron chi connectivity index (χ1n) is 8.59. The van der Waals surface area contributed by atoms with E-state index in [-0.39, 0.29) is 13.0 Å². The Labute approximate surface area is 156 Å². The average molecular weight is 383 g/mol. The number of nitrogens with one attached hydrogen (secondary N) is 1. The summed E-state index contributed by atoms with van der Waals surface area (Å²) in [5.74, 6) is -0.942. The van der Waals surface area contributed by atoms with Gasteiger partial charge in [0, 0.05) is 37.5 Å². The second-order valence-corrected chi connectivity index (χ2v) is 7.92. The van der Waals surface area contributed by atoms with Crippen LogP contribution >= 0.6 is 11.3 Å². The van der Waals surface area contributed by atoms with Crippen molar-refractivity contribution < 1.29 is 23.9 Å². The number of imide groups is 1. The zero-order valence-electron chi connectivity index (χ0n) is 15.3.